The molecule has 0 aromatic heterocycles. The van der Waals surface area contributed by atoms with Gasteiger partial charge in [-0.25, -0.2) is 0 Å². The first-order valence-corrected chi connectivity index (χ1v) is 5.91. The van der Waals surface area contributed by atoms with E-state index in [9.17, 15) is 4.79 Å². The van der Waals surface area contributed by atoms with E-state index in [1.165, 1.54) is 0 Å². The van der Waals surface area contributed by atoms with Gasteiger partial charge in [0, 0.05) is 19.0 Å². The minimum atomic E-state index is -0.0842. The third-order valence-corrected chi connectivity index (χ3v) is 3.88. The van der Waals surface area contributed by atoms with Crippen LogP contribution in [-0.4, -0.2) is 29.6 Å². The van der Waals surface area contributed by atoms with Gasteiger partial charge in [-0.05, 0) is 25.2 Å². The maximum atomic E-state index is 12.1. The molecule has 2 heterocycles. The summed E-state index contributed by atoms with van der Waals surface area (Å²) in [5.41, 5.74) is 0.116. The van der Waals surface area contributed by atoms with Crippen molar-refractivity contribution in [3.63, 3.8) is 0 Å². The lowest BCUT2D eigenvalue weighted by molar-refractivity contribution is -0.155. The normalized spacial score (nSPS) is 40.1. The molecule has 3 heteroatoms. The van der Waals surface area contributed by atoms with Crippen molar-refractivity contribution in [1.29, 1.82) is 0 Å². The van der Waals surface area contributed by atoms with Gasteiger partial charge < -0.3 is 4.90 Å². The molecular weight excluding hydrogens is 188 g/mol. The molecule has 2 unspecified atom stereocenters. The van der Waals surface area contributed by atoms with Crippen LogP contribution in [0.4, 0.5) is 0 Å². The number of piperidine rings is 1. The number of amides is 1. The molecule has 2 fully saturated rings. The fraction of sp³-hybridized carbons (Fsp3) is 0.917. The van der Waals surface area contributed by atoms with Crippen LogP contribution in [0.15, 0.2) is 0 Å². The van der Waals surface area contributed by atoms with Gasteiger partial charge in [-0.2, -0.15) is 0 Å². The Kier molecular flexibility index (Phi) is 2.34. The molecule has 86 valence electrons. The molecular formula is C12H22N2O. The summed E-state index contributed by atoms with van der Waals surface area (Å²) in [4.78, 5) is 14.2. The van der Waals surface area contributed by atoms with Crippen LogP contribution in [-0.2, 0) is 4.79 Å². The number of fused-ring (bicyclic) bond motifs is 1. The zero-order valence-corrected chi connectivity index (χ0v) is 10.3. The molecule has 2 aliphatic rings. The zero-order valence-electron chi connectivity index (χ0n) is 10.3. The van der Waals surface area contributed by atoms with Gasteiger partial charge in [-0.1, -0.05) is 20.8 Å². The minimum absolute atomic E-state index is 0.0842. The van der Waals surface area contributed by atoms with Gasteiger partial charge in [0.25, 0.3) is 0 Å². The highest BCUT2D eigenvalue weighted by atomic mass is 16.2. The Morgan fingerprint density at radius 2 is 2.07 bits per heavy atom. The number of nitrogens with one attached hydrogen (secondary N) is 1. The Hall–Kier alpha value is -0.570. The van der Waals surface area contributed by atoms with Gasteiger partial charge in [0.1, 0.15) is 0 Å². The van der Waals surface area contributed by atoms with Crippen LogP contribution in [0, 0.1) is 11.3 Å². The van der Waals surface area contributed by atoms with Crippen LogP contribution in [0.1, 0.15) is 40.5 Å². The molecule has 0 aliphatic carbocycles. The van der Waals surface area contributed by atoms with Crippen molar-refractivity contribution in [3.05, 3.63) is 0 Å². The second kappa shape index (κ2) is 3.21. The Morgan fingerprint density at radius 3 is 2.73 bits per heavy atom. The van der Waals surface area contributed by atoms with Crippen LogP contribution >= 0.6 is 0 Å². The summed E-state index contributed by atoms with van der Waals surface area (Å²) in [5.74, 6) is 0.526. The molecule has 3 nitrogen and oxygen atoms in total. The predicted molar refractivity (Wildman–Crippen MR) is 60.3 cm³/mol. The molecule has 0 bridgehead atoms. The van der Waals surface area contributed by atoms with Crippen molar-refractivity contribution in [2.75, 3.05) is 13.1 Å². The molecule has 0 aromatic rings. The lowest BCUT2D eigenvalue weighted by Crippen LogP contribution is -2.70. The Balaban J connectivity index is 2.24. The quantitative estimate of drug-likeness (QED) is 0.658. The van der Waals surface area contributed by atoms with E-state index in [4.69, 9.17) is 0 Å². The van der Waals surface area contributed by atoms with E-state index >= 15 is 0 Å². The highest BCUT2D eigenvalue weighted by Crippen LogP contribution is 2.36. The van der Waals surface area contributed by atoms with E-state index in [-0.39, 0.29) is 17.0 Å². The SMILES string of the molecule is CC1CCC2(C)NCC(C)(C)CN2C1=O. The summed E-state index contributed by atoms with van der Waals surface area (Å²) in [7, 11) is 0. The Labute approximate surface area is 92.2 Å². The predicted octanol–water partition coefficient (Wildman–Crippen LogP) is 1.59. The lowest BCUT2D eigenvalue weighted by atomic mass is 9.81. The zero-order chi connectivity index (χ0) is 11.3. The summed E-state index contributed by atoms with van der Waals surface area (Å²) in [6.45, 7) is 10.5. The third kappa shape index (κ3) is 1.78. The summed E-state index contributed by atoms with van der Waals surface area (Å²) in [5, 5.41) is 3.54. The van der Waals surface area contributed by atoms with Crippen molar-refractivity contribution >= 4 is 5.91 Å². The lowest BCUT2D eigenvalue weighted by Gasteiger charge is -2.54. The second-order valence-electron chi connectivity index (χ2n) is 6.16. The molecule has 2 saturated heterocycles. The monoisotopic (exact) mass is 210 g/mol. The molecule has 0 aromatic carbocycles. The van der Waals surface area contributed by atoms with Gasteiger partial charge in [-0.3, -0.25) is 10.1 Å². The molecule has 2 rings (SSSR count). The highest BCUT2D eigenvalue weighted by molar-refractivity contribution is 5.80. The van der Waals surface area contributed by atoms with E-state index in [1.54, 1.807) is 0 Å². The first-order chi connectivity index (χ1) is 6.84. The number of nitrogens with zero attached hydrogens (tertiary/aromatic N) is 1. The summed E-state index contributed by atoms with van der Waals surface area (Å²) in [6, 6.07) is 0. The topological polar surface area (TPSA) is 32.3 Å². The van der Waals surface area contributed by atoms with Crippen LogP contribution < -0.4 is 5.32 Å². The van der Waals surface area contributed by atoms with Crippen molar-refractivity contribution in [2.45, 2.75) is 46.2 Å². The van der Waals surface area contributed by atoms with E-state index in [0.717, 1.165) is 25.9 Å². The van der Waals surface area contributed by atoms with Crippen molar-refractivity contribution in [2.24, 2.45) is 11.3 Å². The van der Waals surface area contributed by atoms with Crippen LogP contribution in [0.3, 0.4) is 0 Å². The van der Waals surface area contributed by atoms with Crippen LogP contribution in [0.2, 0.25) is 0 Å². The van der Waals surface area contributed by atoms with Crippen molar-refractivity contribution in [1.82, 2.24) is 10.2 Å². The summed E-state index contributed by atoms with van der Waals surface area (Å²) < 4.78 is 0. The van der Waals surface area contributed by atoms with Gasteiger partial charge in [-0.15, -0.1) is 0 Å². The van der Waals surface area contributed by atoms with Gasteiger partial charge >= 0.3 is 0 Å². The smallest absolute Gasteiger partial charge is 0.226 e. The molecule has 0 spiro atoms. The number of carbonyl (C=O) groups is 1. The van der Waals surface area contributed by atoms with E-state index in [2.05, 4.69) is 31.0 Å². The average Bonchev–Trinajstić information content (AvgIpc) is 2.16. The molecule has 1 N–H and O–H groups in total. The van der Waals surface area contributed by atoms with Crippen LogP contribution in [0.25, 0.3) is 0 Å². The maximum absolute atomic E-state index is 12.1. The number of hydrogen-bond donors (Lipinski definition) is 1. The van der Waals surface area contributed by atoms with E-state index in [1.807, 2.05) is 6.92 Å². The molecule has 2 atom stereocenters. The minimum Gasteiger partial charge on any atom is -0.324 e. The van der Waals surface area contributed by atoms with E-state index < -0.39 is 0 Å². The van der Waals surface area contributed by atoms with E-state index in [0.29, 0.717) is 5.91 Å². The second-order valence-corrected chi connectivity index (χ2v) is 6.16. The van der Waals surface area contributed by atoms with Gasteiger partial charge in [0.15, 0.2) is 0 Å². The molecule has 0 radical (unpaired) electrons. The molecule has 1 amide bonds. The molecule has 15 heavy (non-hydrogen) atoms. The Bertz CT molecular complexity index is 287. The third-order valence-electron chi connectivity index (χ3n) is 3.88. The van der Waals surface area contributed by atoms with Gasteiger partial charge in [0.05, 0.1) is 5.66 Å². The fourth-order valence-electron chi connectivity index (χ4n) is 2.62. The highest BCUT2D eigenvalue weighted by Gasteiger charge is 2.46. The van der Waals surface area contributed by atoms with Gasteiger partial charge in [0.2, 0.25) is 5.91 Å². The molecule has 2 aliphatic heterocycles. The van der Waals surface area contributed by atoms with Crippen molar-refractivity contribution in [3.8, 4) is 0 Å². The van der Waals surface area contributed by atoms with Crippen molar-refractivity contribution < 1.29 is 4.79 Å². The summed E-state index contributed by atoms with van der Waals surface area (Å²) in [6.07, 6.45) is 2.09. The summed E-state index contributed by atoms with van der Waals surface area (Å²) >= 11 is 0. The average molecular weight is 210 g/mol. The standard InChI is InChI=1S/C12H22N2O/c1-9-5-6-12(4)13-7-11(2,3)8-14(12)10(9)15/h9,13H,5-8H2,1-4H3. The molecule has 0 saturated carbocycles. The Morgan fingerprint density at radius 1 is 1.40 bits per heavy atom. The largest absolute Gasteiger partial charge is 0.324 e. The first-order valence-electron chi connectivity index (χ1n) is 5.91. The van der Waals surface area contributed by atoms with Crippen LogP contribution in [0.5, 0.6) is 0 Å². The fourth-order valence-corrected chi connectivity index (χ4v) is 2.62. The first kappa shape index (κ1) is 10.9. The maximum Gasteiger partial charge on any atom is 0.226 e. The number of rotatable bonds is 0. The number of hydrogen-bond acceptors (Lipinski definition) is 2. The number of carbonyl (C=O) groups excluding carboxylic acids is 1.